The molecule has 10 heteroatoms. The highest BCUT2D eigenvalue weighted by molar-refractivity contribution is 6.31. The summed E-state index contributed by atoms with van der Waals surface area (Å²) in [6.07, 6.45) is 4.00. The third-order valence-corrected chi connectivity index (χ3v) is 6.23. The highest BCUT2D eigenvalue weighted by Crippen LogP contribution is 2.28. The van der Waals surface area contributed by atoms with Crippen molar-refractivity contribution in [2.75, 3.05) is 56.5 Å². The average Bonchev–Trinajstić information content (AvgIpc) is 2.82. The van der Waals surface area contributed by atoms with E-state index in [1.807, 2.05) is 6.07 Å². The van der Waals surface area contributed by atoms with Crippen molar-refractivity contribution in [2.45, 2.75) is 18.9 Å². The molecule has 2 saturated heterocycles. The van der Waals surface area contributed by atoms with E-state index in [1.165, 1.54) is 18.3 Å². The minimum atomic E-state index is -0.296. The molecule has 33 heavy (non-hydrogen) atoms. The largest absolute Gasteiger partial charge is 0.473 e. The number of likely N-dealkylation sites (tertiary alicyclic amines) is 1. The maximum absolute atomic E-state index is 14.8. The molecule has 0 bridgehead atoms. The fourth-order valence-corrected chi connectivity index (χ4v) is 4.13. The summed E-state index contributed by atoms with van der Waals surface area (Å²) in [5.74, 6) is 0.152. The van der Waals surface area contributed by atoms with Gasteiger partial charge >= 0.3 is 0 Å². The Kier molecular flexibility index (Phi) is 7.29. The van der Waals surface area contributed by atoms with Gasteiger partial charge in [-0.3, -0.25) is 4.79 Å². The molecule has 8 nitrogen and oxygen atoms in total. The summed E-state index contributed by atoms with van der Waals surface area (Å²) >= 11 is 6.24. The van der Waals surface area contributed by atoms with Crippen LogP contribution in [-0.4, -0.2) is 78.1 Å². The molecule has 4 rings (SSSR count). The molecular weight excluding hydrogens is 447 g/mol. The number of nitrogens with zero attached hydrogens (tertiary/aromatic N) is 5. The van der Waals surface area contributed by atoms with Crippen LogP contribution in [0.3, 0.4) is 0 Å². The van der Waals surface area contributed by atoms with E-state index in [1.54, 1.807) is 11.0 Å². The zero-order valence-corrected chi connectivity index (χ0v) is 19.4. The molecule has 0 spiro atoms. The van der Waals surface area contributed by atoms with E-state index in [0.717, 1.165) is 26.2 Å². The number of piperidine rings is 1. The highest BCUT2D eigenvalue weighted by Gasteiger charge is 2.24. The van der Waals surface area contributed by atoms with Crippen LogP contribution in [-0.2, 0) is 4.79 Å². The average molecular weight is 475 g/mol. The van der Waals surface area contributed by atoms with Gasteiger partial charge in [0, 0.05) is 57.8 Å². The molecule has 1 amide bonds. The quantitative estimate of drug-likeness (QED) is 0.644. The second kappa shape index (κ2) is 10.4. The second-order valence-corrected chi connectivity index (χ2v) is 8.68. The lowest BCUT2D eigenvalue weighted by molar-refractivity contribution is -0.127. The van der Waals surface area contributed by atoms with Crippen molar-refractivity contribution in [1.82, 2.24) is 19.8 Å². The van der Waals surface area contributed by atoms with E-state index in [4.69, 9.17) is 16.3 Å². The number of carbonyl (C=O) groups excluding carboxylic acids is 1. The normalized spacial score (nSPS) is 17.7. The SMILES string of the molecule is C=CC(=O)N1CCC(Oc2nc(Nc3ccc(N4CCN(C)CC4)c(F)c3)ncc2Cl)CC1. The molecule has 0 unspecified atom stereocenters. The highest BCUT2D eigenvalue weighted by atomic mass is 35.5. The summed E-state index contributed by atoms with van der Waals surface area (Å²) in [4.78, 5) is 26.3. The van der Waals surface area contributed by atoms with E-state index >= 15 is 0 Å². The van der Waals surface area contributed by atoms with Gasteiger partial charge < -0.3 is 24.8 Å². The molecular formula is C23H28ClFN6O2. The number of ether oxygens (including phenoxy) is 1. The first-order chi connectivity index (χ1) is 15.9. The lowest BCUT2D eigenvalue weighted by Crippen LogP contribution is -2.44. The molecule has 1 N–H and O–H groups in total. The molecule has 2 aromatic rings. The van der Waals surface area contributed by atoms with Crippen LogP contribution in [0.4, 0.5) is 21.7 Å². The first-order valence-electron chi connectivity index (χ1n) is 11.0. The lowest BCUT2D eigenvalue weighted by atomic mass is 10.1. The lowest BCUT2D eigenvalue weighted by Gasteiger charge is -2.34. The molecule has 3 heterocycles. The summed E-state index contributed by atoms with van der Waals surface area (Å²) in [5, 5.41) is 3.32. The van der Waals surface area contributed by atoms with Crippen LogP contribution >= 0.6 is 11.6 Å². The number of benzene rings is 1. The van der Waals surface area contributed by atoms with Gasteiger partial charge in [-0.1, -0.05) is 18.2 Å². The Morgan fingerprint density at radius 2 is 1.97 bits per heavy atom. The van der Waals surface area contributed by atoms with Crippen molar-refractivity contribution in [2.24, 2.45) is 0 Å². The number of anilines is 3. The Bertz CT molecular complexity index is 1010. The number of aromatic nitrogens is 2. The van der Waals surface area contributed by atoms with Gasteiger partial charge in [-0.05, 0) is 31.3 Å². The van der Waals surface area contributed by atoms with Crippen LogP contribution in [0.5, 0.6) is 5.88 Å². The van der Waals surface area contributed by atoms with E-state index in [-0.39, 0.29) is 29.7 Å². The van der Waals surface area contributed by atoms with E-state index in [2.05, 4.69) is 38.7 Å². The Morgan fingerprint density at radius 3 is 2.64 bits per heavy atom. The third kappa shape index (κ3) is 5.72. The Morgan fingerprint density at radius 1 is 1.24 bits per heavy atom. The van der Waals surface area contributed by atoms with Gasteiger partial charge in [-0.2, -0.15) is 4.98 Å². The first kappa shape index (κ1) is 23.3. The second-order valence-electron chi connectivity index (χ2n) is 8.27. The molecule has 0 radical (unpaired) electrons. The van der Waals surface area contributed by atoms with Gasteiger partial charge in [-0.25, -0.2) is 9.37 Å². The van der Waals surface area contributed by atoms with Gasteiger partial charge in [0.25, 0.3) is 0 Å². The first-order valence-corrected chi connectivity index (χ1v) is 11.4. The van der Waals surface area contributed by atoms with Gasteiger partial charge in [-0.15, -0.1) is 0 Å². The van der Waals surface area contributed by atoms with Crippen molar-refractivity contribution in [3.63, 3.8) is 0 Å². The van der Waals surface area contributed by atoms with Gasteiger partial charge in [0.05, 0.1) is 11.9 Å². The number of carbonyl (C=O) groups is 1. The number of piperazine rings is 1. The molecule has 0 aliphatic carbocycles. The smallest absolute Gasteiger partial charge is 0.245 e. The molecule has 0 saturated carbocycles. The zero-order chi connectivity index (χ0) is 23.4. The Hall–Kier alpha value is -2.91. The van der Waals surface area contributed by atoms with Gasteiger partial charge in [0.2, 0.25) is 17.7 Å². The van der Waals surface area contributed by atoms with Crippen LogP contribution in [0.25, 0.3) is 0 Å². The summed E-state index contributed by atoms with van der Waals surface area (Å²) in [6, 6.07) is 5.02. The number of nitrogens with one attached hydrogen (secondary N) is 1. The fourth-order valence-electron chi connectivity index (χ4n) is 3.99. The Balaban J connectivity index is 1.39. The maximum Gasteiger partial charge on any atom is 0.245 e. The van der Waals surface area contributed by atoms with Crippen molar-refractivity contribution < 1.29 is 13.9 Å². The minimum absolute atomic E-state index is 0.0779. The van der Waals surface area contributed by atoms with Crippen molar-refractivity contribution in [3.05, 3.63) is 47.9 Å². The topological polar surface area (TPSA) is 73.8 Å². The molecule has 2 aliphatic rings. The van der Waals surface area contributed by atoms with Crippen LogP contribution in [0.1, 0.15) is 12.8 Å². The van der Waals surface area contributed by atoms with Crippen LogP contribution in [0.2, 0.25) is 5.02 Å². The Labute approximate surface area is 198 Å². The third-order valence-electron chi connectivity index (χ3n) is 5.97. The predicted octanol–water partition coefficient (Wildman–Crippen LogP) is 3.32. The monoisotopic (exact) mass is 474 g/mol. The number of halogens is 2. The van der Waals surface area contributed by atoms with E-state index in [9.17, 15) is 9.18 Å². The molecule has 1 aromatic heterocycles. The molecule has 0 atom stereocenters. The van der Waals surface area contributed by atoms with E-state index < -0.39 is 0 Å². The molecule has 1 aromatic carbocycles. The summed E-state index contributed by atoms with van der Waals surface area (Å²) in [7, 11) is 2.07. The summed E-state index contributed by atoms with van der Waals surface area (Å²) in [6.45, 7) is 8.10. The summed E-state index contributed by atoms with van der Waals surface area (Å²) in [5.41, 5.74) is 1.13. The predicted molar refractivity (Wildman–Crippen MR) is 127 cm³/mol. The number of likely N-dealkylation sites (N-methyl/N-ethyl adjacent to an activating group) is 1. The van der Waals surface area contributed by atoms with Crippen LogP contribution < -0.4 is 15.0 Å². The number of hydrogen-bond acceptors (Lipinski definition) is 7. The van der Waals surface area contributed by atoms with E-state index in [0.29, 0.717) is 42.3 Å². The van der Waals surface area contributed by atoms with Crippen molar-refractivity contribution in [3.8, 4) is 5.88 Å². The van der Waals surface area contributed by atoms with Crippen molar-refractivity contribution >= 4 is 34.8 Å². The zero-order valence-electron chi connectivity index (χ0n) is 18.6. The van der Waals surface area contributed by atoms with Crippen LogP contribution in [0, 0.1) is 5.82 Å². The number of hydrogen-bond donors (Lipinski definition) is 1. The van der Waals surface area contributed by atoms with Crippen LogP contribution in [0.15, 0.2) is 37.1 Å². The molecule has 2 fully saturated rings. The molecule has 176 valence electrons. The number of rotatable bonds is 6. The number of amides is 1. The fraction of sp³-hybridized carbons (Fsp3) is 0.435. The molecule has 2 aliphatic heterocycles. The summed E-state index contributed by atoms with van der Waals surface area (Å²) < 4.78 is 20.8. The van der Waals surface area contributed by atoms with Gasteiger partial charge in [0.15, 0.2) is 0 Å². The van der Waals surface area contributed by atoms with Gasteiger partial charge in [0.1, 0.15) is 16.9 Å². The standard InChI is InChI=1S/C23H28ClFN6O2/c1-3-21(32)31-8-6-17(7-9-31)33-22-18(24)15-26-23(28-22)27-16-4-5-20(19(25)14-16)30-12-10-29(2)11-13-30/h3-5,14-15,17H,1,6-13H2,2H3,(H,26,27,28). The maximum atomic E-state index is 14.8. The minimum Gasteiger partial charge on any atom is -0.473 e. The van der Waals surface area contributed by atoms with Crippen molar-refractivity contribution in [1.29, 1.82) is 0 Å².